The summed E-state index contributed by atoms with van der Waals surface area (Å²) < 4.78 is 0. The average molecular weight is 600 g/mol. The van der Waals surface area contributed by atoms with Crippen LogP contribution in [0.2, 0.25) is 5.02 Å². The van der Waals surface area contributed by atoms with Crippen LogP contribution in [-0.4, -0.2) is 34.6 Å². The third-order valence-electron chi connectivity index (χ3n) is 5.98. The minimum absolute atomic E-state index is 0.0750. The van der Waals surface area contributed by atoms with Crippen LogP contribution >= 0.6 is 23.4 Å². The van der Waals surface area contributed by atoms with Gasteiger partial charge in [0, 0.05) is 21.8 Å². The molecule has 4 rings (SSSR count). The molecule has 0 aliphatic rings. The summed E-state index contributed by atoms with van der Waals surface area (Å²) in [4.78, 5) is 50.5. The molecule has 0 radical (unpaired) electrons. The number of thioether (sulfide) groups is 1. The van der Waals surface area contributed by atoms with Crippen molar-refractivity contribution < 1.29 is 24.3 Å². The minimum Gasteiger partial charge on any atom is -0.478 e. The van der Waals surface area contributed by atoms with Gasteiger partial charge in [0.05, 0.1) is 16.3 Å². The summed E-state index contributed by atoms with van der Waals surface area (Å²) in [6, 6.07) is 27.3. The van der Waals surface area contributed by atoms with Gasteiger partial charge in [-0.15, -0.1) is 11.8 Å². The largest absolute Gasteiger partial charge is 0.478 e. The number of carboxylic acid groups (broad SMARTS) is 1. The van der Waals surface area contributed by atoms with Crippen molar-refractivity contribution in [1.82, 2.24) is 5.32 Å². The van der Waals surface area contributed by atoms with Crippen LogP contribution in [0.4, 0.5) is 11.4 Å². The van der Waals surface area contributed by atoms with E-state index in [4.69, 9.17) is 11.6 Å². The van der Waals surface area contributed by atoms with E-state index in [0.29, 0.717) is 16.9 Å². The Bertz CT molecular complexity index is 1660. The molecule has 4 aromatic rings. The molecule has 4 aromatic carbocycles. The normalized spacial score (nSPS) is 11.0. The van der Waals surface area contributed by atoms with Gasteiger partial charge in [0.1, 0.15) is 5.70 Å². The highest BCUT2D eigenvalue weighted by molar-refractivity contribution is 8.00. The van der Waals surface area contributed by atoms with Gasteiger partial charge < -0.3 is 21.1 Å². The number of carboxylic acids is 1. The van der Waals surface area contributed by atoms with Crippen molar-refractivity contribution in [2.24, 2.45) is 0 Å². The average Bonchev–Trinajstić information content (AvgIpc) is 2.98. The minimum atomic E-state index is -1.19. The highest BCUT2D eigenvalue weighted by Crippen LogP contribution is 2.23. The number of hydrogen-bond acceptors (Lipinski definition) is 5. The number of aromatic carboxylic acids is 1. The Kier molecular flexibility index (Phi) is 10.1. The zero-order chi connectivity index (χ0) is 30.1. The van der Waals surface area contributed by atoms with Gasteiger partial charge in [-0.2, -0.15) is 0 Å². The predicted molar refractivity (Wildman–Crippen MR) is 166 cm³/mol. The van der Waals surface area contributed by atoms with Gasteiger partial charge in [0.2, 0.25) is 5.91 Å². The molecule has 0 bridgehead atoms. The first-order valence-corrected chi connectivity index (χ1v) is 14.1. The van der Waals surface area contributed by atoms with Crippen molar-refractivity contribution in [2.45, 2.75) is 11.8 Å². The Morgan fingerprint density at radius 3 is 2.19 bits per heavy atom. The molecule has 0 spiro atoms. The first-order valence-electron chi connectivity index (χ1n) is 12.7. The van der Waals surface area contributed by atoms with E-state index in [1.165, 1.54) is 30.0 Å². The lowest BCUT2D eigenvalue weighted by atomic mass is 10.1. The summed E-state index contributed by atoms with van der Waals surface area (Å²) in [7, 11) is 0. The molecular formula is C32H26ClN3O5S. The van der Waals surface area contributed by atoms with E-state index in [9.17, 15) is 24.3 Å². The molecule has 0 aliphatic carbocycles. The smallest absolute Gasteiger partial charge is 0.337 e. The van der Waals surface area contributed by atoms with Crippen LogP contribution in [0.25, 0.3) is 6.08 Å². The van der Waals surface area contributed by atoms with Crippen molar-refractivity contribution in [1.29, 1.82) is 0 Å². The van der Waals surface area contributed by atoms with Crippen LogP contribution in [0.5, 0.6) is 0 Å². The lowest BCUT2D eigenvalue weighted by Crippen LogP contribution is -2.30. The first kappa shape index (κ1) is 30.1. The lowest BCUT2D eigenvalue weighted by molar-refractivity contribution is -0.114. The van der Waals surface area contributed by atoms with Crippen LogP contribution in [0, 0.1) is 6.92 Å². The van der Waals surface area contributed by atoms with E-state index in [1.807, 2.05) is 31.2 Å². The van der Waals surface area contributed by atoms with E-state index >= 15 is 0 Å². The number of aryl methyl sites for hydroxylation is 1. The maximum absolute atomic E-state index is 13.3. The number of nitrogens with one attached hydrogen (secondary N) is 3. The van der Waals surface area contributed by atoms with Crippen molar-refractivity contribution in [3.05, 3.63) is 130 Å². The molecule has 0 saturated heterocycles. The second-order valence-electron chi connectivity index (χ2n) is 9.05. The number of carbonyl (C=O) groups is 4. The molecule has 3 amide bonds. The summed E-state index contributed by atoms with van der Waals surface area (Å²) in [5.74, 6) is -2.34. The van der Waals surface area contributed by atoms with Gasteiger partial charge in [-0.1, -0.05) is 54.1 Å². The number of benzene rings is 4. The second kappa shape index (κ2) is 14.2. The van der Waals surface area contributed by atoms with E-state index in [2.05, 4.69) is 16.0 Å². The van der Waals surface area contributed by atoms with Crippen molar-refractivity contribution >= 4 is 64.5 Å². The summed E-state index contributed by atoms with van der Waals surface area (Å²) in [5.41, 5.74) is 2.97. The van der Waals surface area contributed by atoms with Gasteiger partial charge in [-0.3, -0.25) is 14.4 Å². The van der Waals surface area contributed by atoms with Crippen LogP contribution in [0.1, 0.15) is 31.8 Å². The van der Waals surface area contributed by atoms with Gasteiger partial charge >= 0.3 is 5.97 Å². The zero-order valence-electron chi connectivity index (χ0n) is 22.4. The summed E-state index contributed by atoms with van der Waals surface area (Å²) in [6.07, 6.45) is 1.63. The molecule has 0 fully saturated rings. The fourth-order valence-corrected chi connectivity index (χ4v) is 4.69. The number of hydrogen-bond donors (Lipinski definition) is 4. The fraction of sp³-hybridized carbons (Fsp3) is 0.0625. The van der Waals surface area contributed by atoms with Gasteiger partial charge in [0.25, 0.3) is 11.8 Å². The molecule has 0 unspecified atom stereocenters. The molecular weight excluding hydrogens is 574 g/mol. The van der Waals surface area contributed by atoms with Crippen molar-refractivity contribution in [2.75, 3.05) is 16.4 Å². The number of anilines is 2. The van der Waals surface area contributed by atoms with E-state index in [1.54, 1.807) is 60.7 Å². The Morgan fingerprint density at radius 1 is 0.833 bits per heavy atom. The van der Waals surface area contributed by atoms with Crippen LogP contribution in [-0.2, 0) is 9.59 Å². The molecule has 42 heavy (non-hydrogen) atoms. The Hall–Kier alpha value is -4.86. The highest BCUT2D eigenvalue weighted by atomic mass is 35.5. The molecule has 0 aromatic heterocycles. The molecule has 8 nitrogen and oxygen atoms in total. The maximum atomic E-state index is 13.3. The zero-order valence-corrected chi connectivity index (χ0v) is 24.0. The van der Waals surface area contributed by atoms with E-state index in [0.717, 1.165) is 16.0 Å². The summed E-state index contributed by atoms with van der Waals surface area (Å²) in [6.45, 7) is 1.92. The number of carbonyl (C=O) groups excluding carboxylic acids is 3. The molecule has 0 atom stereocenters. The number of halogens is 1. The molecule has 0 aliphatic heterocycles. The third kappa shape index (κ3) is 8.33. The Balaban J connectivity index is 1.40. The van der Waals surface area contributed by atoms with Crippen molar-refractivity contribution in [3.8, 4) is 0 Å². The summed E-state index contributed by atoms with van der Waals surface area (Å²) >= 11 is 7.14. The van der Waals surface area contributed by atoms with Crippen LogP contribution < -0.4 is 16.0 Å². The van der Waals surface area contributed by atoms with Gasteiger partial charge in [-0.05, 0) is 78.7 Å². The lowest BCUT2D eigenvalue weighted by Gasteiger charge is -2.12. The Labute approximate surface area is 251 Å². The molecule has 212 valence electrons. The van der Waals surface area contributed by atoms with Crippen LogP contribution in [0.3, 0.4) is 0 Å². The number of amides is 3. The first-order chi connectivity index (χ1) is 20.2. The molecule has 0 heterocycles. The molecule has 4 N–H and O–H groups in total. The molecule has 0 saturated carbocycles. The number of rotatable bonds is 10. The topological polar surface area (TPSA) is 125 Å². The van der Waals surface area contributed by atoms with E-state index < -0.39 is 17.8 Å². The van der Waals surface area contributed by atoms with E-state index in [-0.39, 0.29) is 27.9 Å². The summed E-state index contributed by atoms with van der Waals surface area (Å²) in [5, 5.41) is 17.5. The van der Waals surface area contributed by atoms with Crippen molar-refractivity contribution in [3.63, 3.8) is 0 Å². The highest BCUT2D eigenvalue weighted by Gasteiger charge is 2.16. The maximum Gasteiger partial charge on any atom is 0.337 e. The SMILES string of the molecule is Cc1ccccc1/C=C(\NC(=O)c1ccccc1)C(=O)Nc1ccc(SCC(=O)Nc2ccc(Cl)c(C(=O)O)c2)cc1. The standard InChI is InChI=1S/C32H26ClN3O5S/c1-20-7-5-6-10-22(20)17-28(36-30(38)21-8-3-2-4-9-21)31(39)35-23-11-14-25(15-12-23)42-19-29(37)34-24-13-16-27(33)26(18-24)32(40)41/h2-18H,19H2,1H3,(H,34,37)(H,35,39)(H,36,38)(H,40,41)/b28-17-. The quantitative estimate of drug-likeness (QED) is 0.122. The fourth-order valence-electron chi connectivity index (χ4n) is 3.79. The van der Waals surface area contributed by atoms with Crippen LogP contribution in [0.15, 0.2) is 108 Å². The third-order valence-corrected chi connectivity index (χ3v) is 7.32. The Morgan fingerprint density at radius 2 is 1.50 bits per heavy atom. The molecule has 10 heteroatoms. The van der Waals surface area contributed by atoms with Gasteiger partial charge in [0.15, 0.2) is 0 Å². The second-order valence-corrected chi connectivity index (χ2v) is 10.5. The van der Waals surface area contributed by atoms with Gasteiger partial charge in [-0.25, -0.2) is 4.79 Å². The monoisotopic (exact) mass is 599 g/mol. The predicted octanol–water partition coefficient (Wildman–Crippen LogP) is 6.49.